The van der Waals surface area contributed by atoms with E-state index in [9.17, 15) is 73.5 Å². The van der Waals surface area contributed by atoms with Gasteiger partial charge in [-0.2, -0.15) is 8.78 Å². The van der Waals surface area contributed by atoms with E-state index in [1.165, 1.54) is 112 Å². The standard InChI is InChI=1S/C22H25F2N3O3.C21H24F3N3O4.C20H22F3N3O4.C17H22N4O5/c1-13-6-8-16(23)21(20(13)24)30-12-18(28)17(10-14-7-9-19(25)26-11-14)27-22(29)15-4-2-3-5-15;1-11-7-13(22)18(24)19(17(11)23)31-10-15(28)14(27-20(29)21(2,3)30-4)8-12-5-6-26-16(25)9-12;1-20(2,29-3)19(28)26-14(8-11-6-7-25-16(24)9-11)15(27)10-30-18-13(22)5-4-12(21)17(18)23;1-17(2,24-3)16(23)20-12(8-11-4-6-19-14(18)9-11)13(22)10-25-15-5-7-26-21-15/h6-9,11,15,17H,2-5,10,12H2,1H3,(H2,25,26)(H,27,29);5-7,9,14H,8,10H2,1-4H3,(H2,25,26)(H,27,29);4-7,9,14H,8,10H2,1-3H3,(H2,24,25)(H,26,28);4-7,9,12H,8,10H2,1-3H3,(H2,18,19)(H,20,23). The van der Waals surface area contributed by atoms with Crippen LogP contribution in [0.5, 0.6) is 23.1 Å². The molecule has 0 radical (unpaired) electrons. The van der Waals surface area contributed by atoms with Gasteiger partial charge in [0.15, 0.2) is 81.9 Å². The zero-order valence-electron chi connectivity index (χ0n) is 65.9. The first kappa shape index (κ1) is 93.6. The van der Waals surface area contributed by atoms with Gasteiger partial charge in [-0.15, -0.1) is 0 Å². The molecule has 4 amide bonds. The van der Waals surface area contributed by atoms with Gasteiger partial charge in [0, 0.05) is 83.8 Å². The number of halogens is 8. The maximum atomic E-state index is 14.1. The molecular weight excluding hydrogens is 1550 g/mol. The number of nitrogens with two attached hydrogens (primary N) is 4. The number of nitrogens with one attached hydrogen (secondary N) is 4. The second-order valence-corrected chi connectivity index (χ2v) is 28.1. The number of rotatable bonds is 35. The van der Waals surface area contributed by atoms with Crippen LogP contribution in [-0.2, 0) is 78.3 Å². The van der Waals surface area contributed by atoms with E-state index in [1.807, 2.05) is 0 Å². The Balaban J connectivity index is 0.000000243. The molecule has 5 heterocycles. The number of nitrogens with zero attached hydrogens (tertiary/aromatic N) is 5. The van der Waals surface area contributed by atoms with Crippen molar-refractivity contribution in [2.75, 3.05) is 70.7 Å². The van der Waals surface area contributed by atoms with Gasteiger partial charge in [-0.1, -0.05) is 25.0 Å². The topological polar surface area (TPSA) is 431 Å². The van der Waals surface area contributed by atoms with E-state index in [2.05, 4.69) is 50.9 Å². The minimum atomic E-state index is -1.55. The van der Waals surface area contributed by atoms with Crippen LogP contribution in [0.2, 0.25) is 0 Å². The Morgan fingerprint density at radius 3 is 1.21 bits per heavy atom. The van der Waals surface area contributed by atoms with Crippen LogP contribution in [-0.4, -0.2) is 161 Å². The van der Waals surface area contributed by atoms with Gasteiger partial charge in [0.25, 0.3) is 23.6 Å². The summed E-state index contributed by atoms with van der Waals surface area (Å²) >= 11 is 0. The van der Waals surface area contributed by atoms with Crippen LogP contribution in [0.4, 0.5) is 58.4 Å². The normalized spacial score (nSPS) is 13.1. The lowest BCUT2D eigenvalue weighted by Gasteiger charge is -2.26. The summed E-state index contributed by atoms with van der Waals surface area (Å²) < 4.78 is 151. The molecule has 630 valence electrons. The minimum absolute atomic E-state index is 0.00753. The van der Waals surface area contributed by atoms with Crippen molar-refractivity contribution in [3.05, 3.63) is 196 Å². The number of Topliss-reactive ketones (excluding diaryl/α,β-unsaturated/α-hetero) is 4. The number of hydrogen-bond acceptors (Lipinski definition) is 25. The number of hydrogen-bond donors (Lipinski definition) is 8. The summed E-state index contributed by atoms with van der Waals surface area (Å²) in [6, 6.07) is 14.7. The predicted octanol–water partition coefficient (Wildman–Crippen LogP) is 8.54. The summed E-state index contributed by atoms with van der Waals surface area (Å²) in [5.74, 6) is -15.2. The summed E-state index contributed by atoms with van der Waals surface area (Å²) in [5.41, 5.74) is 21.6. The van der Waals surface area contributed by atoms with Gasteiger partial charge in [0.05, 0.1) is 24.2 Å². The predicted molar refractivity (Wildman–Crippen MR) is 409 cm³/mol. The summed E-state index contributed by atoms with van der Waals surface area (Å²) in [6.07, 6.45) is 11.2. The van der Waals surface area contributed by atoms with Crippen molar-refractivity contribution >= 4 is 70.0 Å². The monoisotopic (exact) mass is 1640 g/mol. The van der Waals surface area contributed by atoms with E-state index < -0.39 is 160 Å². The molecule has 1 aliphatic carbocycles. The zero-order valence-corrected chi connectivity index (χ0v) is 65.9. The first-order valence-corrected chi connectivity index (χ1v) is 36.1. The van der Waals surface area contributed by atoms with Crippen molar-refractivity contribution in [1.29, 1.82) is 0 Å². The molecular formula is C80H93F8N13O16. The fourth-order valence-electron chi connectivity index (χ4n) is 10.6. The largest absolute Gasteiger partial charge is 0.480 e. The van der Waals surface area contributed by atoms with Crippen LogP contribution in [0, 0.1) is 66.3 Å². The van der Waals surface area contributed by atoms with E-state index in [4.69, 9.17) is 56.1 Å². The third-order valence-corrected chi connectivity index (χ3v) is 18.2. The molecule has 3 aromatic carbocycles. The number of nitrogen functional groups attached to an aromatic ring is 4. The maximum absolute atomic E-state index is 14.1. The number of benzene rings is 3. The van der Waals surface area contributed by atoms with Crippen molar-refractivity contribution in [3.63, 3.8) is 0 Å². The minimum Gasteiger partial charge on any atom is -0.480 e. The Morgan fingerprint density at radius 2 is 0.803 bits per heavy atom. The number of aryl methyl sites for hydroxylation is 2. The first-order chi connectivity index (χ1) is 55.2. The van der Waals surface area contributed by atoms with Gasteiger partial charge in [-0.05, 0) is 173 Å². The van der Waals surface area contributed by atoms with Crippen LogP contribution >= 0.6 is 0 Å². The lowest BCUT2D eigenvalue weighted by atomic mass is 10.0. The SMILES string of the molecule is COC(C)(C)C(=O)NC(Cc1ccnc(N)c1)C(=O)COc1c(F)c(C)cc(F)c1F.COC(C)(C)C(=O)NC(Cc1ccnc(N)c1)C(=O)COc1c(F)ccc(F)c1F.COC(C)(C)C(=O)NC(Cc1ccnc(N)c1)C(=O)COc1ccon1.Cc1ccc(F)c(OCC(=O)C(Cc2ccc(N)nc2)NC(=O)C2CCCC2)c1F. The van der Waals surface area contributed by atoms with Crippen LogP contribution < -0.4 is 63.1 Å². The number of carbonyl (C=O) groups is 8. The zero-order chi connectivity index (χ0) is 86.6. The van der Waals surface area contributed by atoms with E-state index in [0.29, 0.717) is 46.5 Å². The molecule has 4 unspecified atom stereocenters. The highest BCUT2D eigenvalue weighted by Gasteiger charge is 2.36. The van der Waals surface area contributed by atoms with Crippen molar-refractivity contribution < 1.29 is 111 Å². The lowest BCUT2D eigenvalue weighted by Crippen LogP contribution is -2.52. The van der Waals surface area contributed by atoms with Crippen LogP contribution in [0.15, 0.2) is 121 Å². The highest BCUT2D eigenvalue weighted by molar-refractivity contribution is 5.95. The number of amides is 4. The third-order valence-electron chi connectivity index (χ3n) is 18.2. The number of ether oxygens (including phenoxy) is 7. The molecule has 37 heteroatoms. The van der Waals surface area contributed by atoms with E-state index in [-0.39, 0.29) is 78.5 Å². The molecule has 4 atom stereocenters. The molecule has 117 heavy (non-hydrogen) atoms. The smallest absolute Gasteiger partial charge is 0.254 e. The Hall–Kier alpha value is -12.3. The van der Waals surface area contributed by atoms with Crippen molar-refractivity contribution in [2.24, 2.45) is 5.92 Å². The molecule has 29 nitrogen and oxygen atoms in total. The van der Waals surface area contributed by atoms with Gasteiger partial charge in [-0.25, -0.2) is 46.3 Å². The second-order valence-electron chi connectivity index (χ2n) is 28.1. The average Bonchev–Trinajstić information content (AvgIpc) is 1.45. The summed E-state index contributed by atoms with van der Waals surface area (Å²) in [5, 5.41) is 14.2. The van der Waals surface area contributed by atoms with E-state index in [1.54, 1.807) is 56.4 Å². The molecule has 0 bridgehead atoms. The molecule has 9 rings (SSSR count). The number of carbonyl (C=O) groups excluding carboxylic acids is 8. The quantitative estimate of drug-likeness (QED) is 0.0136. The molecule has 1 fully saturated rings. The van der Waals surface area contributed by atoms with E-state index >= 15 is 0 Å². The molecule has 5 aromatic heterocycles. The summed E-state index contributed by atoms with van der Waals surface area (Å²) in [6.45, 7) is 9.48. The Morgan fingerprint density at radius 1 is 0.427 bits per heavy atom. The number of methoxy groups -OCH3 is 3. The number of pyridine rings is 4. The van der Waals surface area contributed by atoms with Gasteiger partial charge >= 0.3 is 0 Å². The summed E-state index contributed by atoms with van der Waals surface area (Å²) in [7, 11) is 4.09. The van der Waals surface area contributed by atoms with Crippen LogP contribution in [0.3, 0.4) is 0 Å². The average molecular weight is 1640 g/mol. The maximum Gasteiger partial charge on any atom is 0.254 e. The van der Waals surface area contributed by atoms with Crippen molar-refractivity contribution in [3.8, 4) is 23.1 Å². The van der Waals surface area contributed by atoms with Gasteiger partial charge in [0.2, 0.25) is 17.5 Å². The Labute approximate surface area is 668 Å². The Kier molecular flexibility index (Phi) is 34.8. The second kappa shape index (κ2) is 43.5. The van der Waals surface area contributed by atoms with Crippen molar-refractivity contribution in [1.82, 2.24) is 46.4 Å². The highest BCUT2D eigenvalue weighted by Crippen LogP contribution is 2.30. The fourth-order valence-corrected chi connectivity index (χ4v) is 10.6. The molecule has 0 spiro atoms. The molecule has 12 N–H and O–H groups in total. The van der Waals surface area contributed by atoms with Crippen molar-refractivity contribution in [2.45, 2.75) is 148 Å². The first-order valence-electron chi connectivity index (χ1n) is 36.1. The van der Waals surface area contributed by atoms with Gasteiger partial charge in [-0.3, -0.25) is 38.4 Å². The Bertz CT molecular complexity index is 4730. The molecule has 0 saturated heterocycles. The molecule has 1 saturated carbocycles. The number of ketones is 4. The number of anilines is 4. The van der Waals surface area contributed by atoms with Gasteiger partial charge in [0.1, 0.15) is 66.2 Å². The lowest BCUT2D eigenvalue weighted by molar-refractivity contribution is -0.142. The van der Waals surface area contributed by atoms with E-state index in [0.717, 1.165) is 37.3 Å². The van der Waals surface area contributed by atoms with Crippen LogP contribution in [0.25, 0.3) is 0 Å². The van der Waals surface area contributed by atoms with Gasteiger partial charge < -0.3 is 81.9 Å². The molecule has 1 aliphatic rings. The fraction of sp³-hybridized carbons (Fsp3) is 0.388. The highest BCUT2D eigenvalue weighted by atomic mass is 19.2. The molecule has 8 aromatic rings. The third kappa shape index (κ3) is 28.3. The summed E-state index contributed by atoms with van der Waals surface area (Å²) in [4.78, 5) is 116. The number of aromatic nitrogens is 5. The van der Waals surface area contributed by atoms with Crippen LogP contribution in [0.1, 0.15) is 101 Å². The molecule has 0 aliphatic heterocycles.